The largest absolute Gasteiger partial charge is 0.493 e. The Kier molecular flexibility index (Phi) is 3.64. The van der Waals surface area contributed by atoms with E-state index < -0.39 is 0 Å². The van der Waals surface area contributed by atoms with Crippen molar-refractivity contribution < 1.29 is 9.13 Å². The lowest BCUT2D eigenvalue weighted by Gasteiger charge is -2.10. The SMILES string of the molecule is Fc1ccc(OCCc2nc3c(s2)CCCN3)cc1. The molecule has 1 aliphatic rings. The molecule has 0 amide bonds. The zero-order chi connectivity index (χ0) is 13.1. The van der Waals surface area contributed by atoms with Crippen LogP contribution in [0.1, 0.15) is 16.3 Å². The Morgan fingerprint density at radius 3 is 2.95 bits per heavy atom. The molecule has 3 nitrogen and oxygen atoms in total. The lowest BCUT2D eigenvalue weighted by atomic mass is 10.2. The van der Waals surface area contributed by atoms with Crippen LogP contribution in [0.25, 0.3) is 0 Å². The Hall–Kier alpha value is -1.62. The van der Waals surface area contributed by atoms with Crippen molar-refractivity contribution in [1.29, 1.82) is 0 Å². The highest BCUT2D eigenvalue weighted by atomic mass is 32.1. The minimum absolute atomic E-state index is 0.244. The third-order valence-electron chi connectivity index (χ3n) is 3.01. The van der Waals surface area contributed by atoms with Crippen LogP contribution in [0.3, 0.4) is 0 Å². The quantitative estimate of drug-likeness (QED) is 0.932. The number of thiazole rings is 1. The number of aromatic nitrogens is 1. The average Bonchev–Trinajstić information content (AvgIpc) is 2.83. The molecule has 1 aromatic carbocycles. The summed E-state index contributed by atoms with van der Waals surface area (Å²) in [6, 6.07) is 6.09. The Balaban J connectivity index is 1.54. The smallest absolute Gasteiger partial charge is 0.140 e. The van der Waals surface area contributed by atoms with Gasteiger partial charge in [-0.1, -0.05) is 0 Å². The number of benzene rings is 1. The maximum Gasteiger partial charge on any atom is 0.140 e. The molecule has 2 heterocycles. The van der Waals surface area contributed by atoms with Gasteiger partial charge in [-0.15, -0.1) is 11.3 Å². The van der Waals surface area contributed by atoms with Crippen molar-refractivity contribution in [3.8, 4) is 5.75 Å². The highest BCUT2D eigenvalue weighted by Crippen LogP contribution is 2.27. The van der Waals surface area contributed by atoms with E-state index in [4.69, 9.17) is 4.74 Å². The van der Waals surface area contributed by atoms with E-state index in [0.717, 1.165) is 30.2 Å². The van der Waals surface area contributed by atoms with Gasteiger partial charge in [-0.2, -0.15) is 0 Å². The van der Waals surface area contributed by atoms with Gasteiger partial charge in [0.1, 0.15) is 17.4 Å². The molecule has 0 saturated heterocycles. The molecule has 19 heavy (non-hydrogen) atoms. The van der Waals surface area contributed by atoms with Crippen molar-refractivity contribution in [3.63, 3.8) is 0 Å². The number of aryl methyl sites for hydroxylation is 1. The maximum atomic E-state index is 12.7. The van der Waals surface area contributed by atoms with Gasteiger partial charge in [-0.25, -0.2) is 9.37 Å². The molecule has 0 saturated carbocycles. The van der Waals surface area contributed by atoms with Crippen LogP contribution in [0.2, 0.25) is 0 Å². The summed E-state index contributed by atoms with van der Waals surface area (Å²) in [5.41, 5.74) is 0. The summed E-state index contributed by atoms with van der Waals surface area (Å²) in [6.45, 7) is 1.58. The first-order valence-electron chi connectivity index (χ1n) is 6.42. The normalized spacial score (nSPS) is 13.7. The van der Waals surface area contributed by atoms with Gasteiger partial charge >= 0.3 is 0 Å². The van der Waals surface area contributed by atoms with Gasteiger partial charge in [0.15, 0.2) is 0 Å². The molecule has 1 N–H and O–H groups in total. The van der Waals surface area contributed by atoms with E-state index in [9.17, 15) is 4.39 Å². The molecule has 0 aliphatic carbocycles. The van der Waals surface area contributed by atoms with E-state index >= 15 is 0 Å². The van der Waals surface area contributed by atoms with Crippen molar-refractivity contribution in [1.82, 2.24) is 4.98 Å². The summed E-state index contributed by atoms with van der Waals surface area (Å²) in [7, 11) is 0. The summed E-state index contributed by atoms with van der Waals surface area (Å²) >= 11 is 1.76. The summed E-state index contributed by atoms with van der Waals surface area (Å²) in [4.78, 5) is 5.91. The summed E-state index contributed by atoms with van der Waals surface area (Å²) in [6.07, 6.45) is 3.09. The van der Waals surface area contributed by atoms with Gasteiger partial charge in [-0.3, -0.25) is 0 Å². The van der Waals surface area contributed by atoms with Gasteiger partial charge < -0.3 is 10.1 Å². The van der Waals surface area contributed by atoms with E-state index in [1.54, 1.807) is 23.5 Å². The topological polar surface area (TPSA) is 34.1 Å². The lowest BCUT2D eigenvalue weighted by molar-refractivity contribution is 0.321. The standard InChI is InChI=1S/C14H15FN2OS/c15-10-3-5-11(6-4-10)18-9-7-13-17-14-12(19-13)2-1-8-16-14/h3-6,16H,1-2,7-9H2. The Labute approximate surface area is 115 Å². The van der Waals surface area contributed by atoms with Crippen LogP contribution in [0.4, 0.5) is 10.2 Å². The van der Waals surface area contributed by atoms with Crippen molar-refractivity contribution in [3.05, 3.63) is 40.0 Å². The molecule has 1 aliphatic heterocycles. The molecule has 1 aromatic heterocycles. The van der Waals surface area contributed by atoms with Crippen LogP contribution < -0.4 is 10.1 Å². The number of hydrogen-bond donors (Lipinski definition) is 1. The fourth-order valence-corrected chi connectivity index (χ4v) is 3.13. The number of nitrogens with one attached hydrogen (secondary N) is 1. The number of rotatable bonds is 4. The second kappa shape index (κ2) is 5.57. The van der Waals surface area contributed by atoms with Gasteiger partial charge in [-0.05, 0) is 37.1 Å². The number of ether oxygens (including phenoxy) is 1. The van der Waals surface area contributed by atoms with Crippen LogP contribution in [0.15, 0.2) is 24.3 Å². The molecular formula is C14H15FN2OS. The van der Waals surface area contributed by atoms with Crippen LogP contribution in [-0.4, -0.2) is 18.1 Å². The maximum absolute atomic E-state index is 12.7. The van der Waals surface area contributed by atoms with Crippen molar-refractivity contribution in [2.75, 3.05) is 18.5 Å². The summed E-state index contributed by atoms with van der Waals surface area (Å²) < 4.78 is 18.3. The molecule has 0 fully saturated rings. The molecule has 0 bridgehead atoms. The molecule has 2 aromatic rings. The van der Waals surface area contributed by atoms with E-state index in [0.29, 0.717) is 12.4 Å². The Morgan fingerprint density at radius 1 is 1.32 bits per heavy atom. The molecule has 5 heteroatoms. The van der Waals surface area contributed by atoms with E-state index in [1.807, 2.05) is 0 Å². The predicted molar refractivity (Wildman–Crippen MR) is 74.5 cm³/mol. The first-order chi connectivity index (χ1) is 9.31. The predicted octanol–water partition coefficient (Wildman–Crippen LogP) is 3.26. The molecule has 100 valence electrons. The third-order valence-corrected chi connectivity index (χ3v) is 4.19. The van der Waals surface area contributed by atoms with Crippen molar-refractivity contribution >= 4 is 17.2 Å². The molecule has 0 radical (unpaired) electrons. The van der Waals surface area contributed by atoms with Crippen molar-refractivity contribution in [2.24, 2.45) is 0 Å². The van der Waals surface area contributed by atoms with Crippen molar-refractivity contribution in [2.45, 2.75) is 19.3 Å². The number of nitrogens with zero attached hydrogens (tertiary/aromatic N) is 1. The van der Waals surface area contributed by atoms with E-state index in [-0.39, 0.29) is 5.82 Å². The second-order valence-corrected chi connectivity index (χ2v) is 5.63. The first kappa shape index (κ1) is 12.4. The number of halogens is 1. The summed E-state index contributed by atoms with van der Waals surface area (Å²) in [5.74, 6) is 1.50. The molecule has 0 spiro atoms. The van der Waals surface area contributed by atoms with Gasteiger partial charge in [0.2, 0.25) is 0 Å². The Morgan fingerprint density at radius 2 is 2.16 bits per heavy atom. The highest BCUT2D eigenvalue weighted by molar-refractivity contribution is 7.12. The number of fused-ring (bicyclic) bond motifs is 1. The average molecular weight is 278 g/mol. The van der Waals surface area contributed by atoms with E-state index in [2.05, 4.69) is 10.3 Å². The van der Waals surface area contributed by atoms with Crippen LogP contribution in [0.5, 0.6) is 5.75 Å². The lowest BCUT2D eigenvalue weighted by Crippen LogP contribution is -2.10. The van der Waals surface area contributed by atoms with Crippen LogP contribution in [0, 0.1) is 5.82 Å². The zero-order valence-electron chi connectivity index (χ0n) is 10.5. The minimum Gasteiger partial charge on any atom is -0.493 e. The second-order valence-electron chi connectivity index (χ2n) is 4.46. The third kappa shape index (κ3) is 3.04. The fourth-order valence-electron chi connectivity index (χ4n) is 2.06. The molecule has 0 unspecified atom stereocenters. The van der Waals surface area contributed by atoms with Crippen LogP contribution in [-0.2, 0) is 12.8 Å². The molecular weight excluding hydrogens is 263 g/mol. The fraction of sp³-hybridized carbons (Fsp3) is 0.357. The molecule has 3 rings (SSSR count). The minimum atomic E-state index is -0.244. The molecule has 0 atom stereocenters. The number of anilines is 1. The number of hydrogen-bond acceptors (Lipinski definition) is 4. The monoisotopic (exact) mass is 278 g/mol. The highest BCUT2D eigenvalue weighted by Gasteiger charge is 2.14. The van der Waals surface area contributed by atoms with Crippen LogP contribution >= 0.6 is 11.3 Å². The summed E-state index contributed by atoms with van der Waals surface area (Å²) in [5, 5.41) is 4.41. The Bertz CT molecular complexity index is 530. The van der Waals surface area contributed by atoms with E-state index in [1.165, 1.54) is 23.4 Å². The van der Waals surface area contributed by atoms with Gasteiger partial charge in [0.05, 0.1) is 11.6 Å². The first-order valence-corrected chi connectivity index (χ1v) is 7.24. The zero-order valence-corrected chi connectivity index (χ0v) is 11.3. The van der Waals surface area contributed by atoms with Gasteiger partial charge in [0, 0.05) is 17.8 Å². The van der Waals surface area contributed by atoms with Gasteiger partial charge in [0.25, 0.3) is 0 Å².